The summed E-state index contributed by atoms with van der Waals surface area (Å²) in [4.78, 5) is 34.1. The van der Waals surface area contributed by atoms with Crippen LogP contribution in [0.2, 0.25) is 0 Å². The molecule has 0 spiro atoms. The van der Waals surface area contributed by atoms with Crippen LogP contribution in [0.1, 0.15) is 42.0 Å². The zero-order chi connectivity index (χ0) is 26.2. The summed E-state index contributed by atoms with van der Waals surface area (Å²) in [6.07, 6.45) is 8.82. The van der Waals surface area contributed by atoms with E-state index in [1.165, 1.54) is 0 Å². The lowest BCUT2D eigenvalue weighted by molar-refractivity contribution is -0.138. The highest BCUT2D eigenvalue weighted by molar-refractivity contribution is 5.97. The highest BCUT2D eigenvalue weighted by Crippen LogP contribution is 2.26. The van der Waals surface area contributed by atoms with Crippen molar-refractivity contribution in [2.75, 3.05) is 20.8 Å². The number of aryl methyl sites for hydroxylation is 1. The van der Waals surface area contributed by atoms with E-state index >= 15 is 0 Å². The van der Waals surface area contributed by atoms with Crippen molar-refractivity contribution in [1.82, 2.24) is 15.3 Å². The Kier molecular flexibility index (Phi) is 8.30. The largest absolute Gasteiger partial charge is 0.497 e. The molecule has 1 heterocycles. The van der Waals surface area contributed by atoms with E-state index in [9.17, 15) is 9.59 Å². The molecule has 37 heavy (non-hydrogen) atoms. The van der Waals surface area contributed by atoms with Crippen molar-refractivity contribution >= 4 is 18.0 Å². The number of carbonyl (C=O) groups excluding carboxylic acids is 2. The number of allylic oxidation sites excluding steroid dienone is 1. The number of rotatable bonds is 8. The molecule has 1 N–H and O–H groups in total. The minimum atomic E-state index is -0.361. The van der Waals surface area contributed by atoms with Crippen LogP contribution in [0.25, 0.3) is 17.5 Å². The summed E-state index contributed by atoms with van der Waals surface area (Å²) in [5.41, 5.74) is 4.30. The van der Waals surface area contributed by atoms with Gasteiger partial charge >= 0.3 is 5.97 Å². The maximum atomic E-state index is 12.9. The molecule has 0 unspecified atom stereocenters. The zero-order valence-corrected chi connectivity index (χ0v) is 21.1. The number of nitrogens with zero attached hydrogens (tertiary/aromatic N) is 2. The summed E-state index contributed by atoms with van der Waals surface area (Å²) < 4.78 is 15.8. The molecule has 1 amide bonds. The molecule has 3 aromatic rings. The topological polar surface area (TPSA) is 99.6 Å². The number of esters is 1. The Morgan fingerprint density at radius 3 is 2.73 bits per heavy atom. The number of methoxy groups -OCH3 is 2. The Labute approximate surface area is 217 Å². The number of carbonyl (C=O) groups is 2. The minimum Gasteiger partial charge on any atom is -0.497 e. The average molecular weight is 502 g/mol. The van der Waals surface area contributed by atoms with Crippen LogP contribution in [-0.2, 0) is 22.5 Å². The fraction of sp³-hybridized carbons (Fsp3) is 0.241. The van der Waals surface area contributed by atoms with Crippen molar-refractivity contribution in [3.05, 3.63) is 88.8 Å². The summed E-state index contributed by atoms with van der Waals surface area (Å²) in [5, 5.41) is 2.88. The van der Waals surface area contributed by atoms with Crippen molar-refractivity contribution in [1.29, 1.82) is 0 Å². The normalized spacial score (nSPS) is 14.7. The van der Waals surface area contributed by atoms with Crippen LogP contribution < -0.4 is 14.8 Å². The van der Waals surface area contributed by atoms with Gasteiger partial charge in [0.05, 0.1) is 26.4 Å². The molecule has 2 aromatic carbocycles. The van der Waals surface area contributed by atoms with E-state index in [1.807, 2.05) is 42.5 Å². The predicted molar refractivity (Wildman–Crippen MR) is 142 cm³/mol. The van der Waals surface area contributed by atoms with E-state index < -0.39 is 0 Å². The van der Waals surface area contributed by atoms with E-state index in [0.717, 1.165) is 35.1 Å². The highest BCUT2D eigenvalue weighted by Gasteiger charge is 2.15. The monoisotopic (exact) mass is 501 g/mol. The van der Waals surface area contributed by atoms with Crippen LogP contribution in [0.3, 0.4) is 0 Å². The van der Waals surface area contributed by atoms with Crippen LogP contribution in [0.15, 0.2) is 66.4 Å². The molecule has 0 radical (unpaired) electrons. The Morgan fingerprint density at radius 2 is 1.95 bits per heavy atom. The second kappa shape index (κ2) is 12.0. The second-order valence-corrected chi connectivity index (χ2v) is 8.30. The van der Waals surface area contributed by atoms with Crippen molar-refractivity contribution in [2.24, 2.45) is 0 Å². The van der Waals surface area contributed by atoms with Crippen molar-refractivity contribution in [3.63, 3.8) is 0 Å². The first kappa shape index (κ1) is 25.6. The molecule has 0 fully saturated rings. The van der Waals surface area contributed by atoms with Gasteiger partial charge in [-0.1, -0.05) is 24.3 Å². The van der Waals surface area contributed by atoms with Crippen LogP contribution in [0.4, 0.5) is 0 Å². The standard InChI is InChI=1S/C29H29N3O5.H2/c1-4-37-29(34)21-8-6-5-7-19-9-10-20(15-23(19)16-21)27-30-14-13-25(32-27)28(33)31-18-22-11-12-24(35-2)17-26(22)36-3;/h6,8-17H,4-5,7,18H2,1-3H3,(H,31,33);1H/b8-6+,21-16+;. The number of ether oxygens (including phenoxy) is 3. The lowest BCUT2D eigenvalue weighted by Gasteiger charge is -2.13. The molecule has 0 saturated carbocycles. The quantitative estimate of drug-likeness (QED) is 0.443. The SMILES string of the molecule is CCOC(=O)C1=C/c2cc(-c3nccc(C(=O)NCc4ccc(OC)cc4OC)n3)ccc2CC\C=C\1.[HH]. The van der Waals surface area contributed by atoms with Gasteiger partial charge in [0, 0.05) is 31.4 Å². The van der Waals surface area contributed by atoms with Gasteiger partial charge < -0.3 is 19.5 Å². The number of hydrogen-bond acceptors (Lipinski definition) is 7. The van der Waals surface area contributed by atoms with Crippen LogP contribution in [0.5, 0.6) is 11.5 Å². The number of hydrogen-bond donors (Lipinski definition) is 1. The lowest BCUT2D eigenvalue weighted by atomic mass is 9.95. The van der Waals surface area contributed by atoms with Gasteiger partial charge in [0.15, 0.2) is 5.82 Å². The Hall–Kier alpha value is -4.46. The first-order valence-corrected chi connectivity index (χ1v) is 12.0. The van der Waals surface area contributed by atoms with E-state index in [1.54, 1.807) is 45.5 Å². The third kappa shape index (κ3) is 6.22. The number of aromatic nitrogens is 2. The number of benzene rings is 2. The van der Waals surface area contributed by atoms with E-state index in [0.29, 0.717) is 29.5 Å². The van der Waals surface area contributed by atoms with Gasteiger partial charge in [-0.2, -0.15) is 0 Å². The highest BCUT2D eigenvalue weighted by atomic mass is 16.5. The first-order valence-electron chi connectivity index (χ1n) is 12.0. The molecule has 192 valence electrons. The minimum absolute atomic E-state index is 0. The van der Waals surface area contributed by atoms with Crippen molar-refractivity contribution in [2.45, 2.75) is 26.3 Å². The van der Waals surface area contributed by atoms with Gasteiger partial charge in [0.25, 0.3) is 5.91 Å². The molecule has 0 aliphatic heterocycles. The molecule has 0 saturated heterocycles. The summed E-state index contributed by atoms with van der Waals surface area (Å²) in [7, 11) is 3.15. The van der Waals surface area contributed by atoms with Gasteiger partial charge in [-0.25, -0.2) is 14.8 Å². The Bertz CT molecular complexity index is 1370. The molecule has 1 aliphatic carbocycles. The summed E-state index contributed by atoms with van der Waals surface area (Å²) in [6, 6.07) is 12.9. The smallest absolute Gasteiger partial charge is 0.338 e. The van der Waals surface area contributed by atoms with Gasteiger partial charge in [-0.05, 0) is 61.2 Å². The fourth-order valence-electron chi connectivity index (χ4n) is 3.99. The number of nitrogens with one attached hydrogen (secondary N) is 1. The maximum absolute atomic E-state index is 12.9. The molecular weight excluding hydrogens is 470 g/mol. The van der Waals surface area contributed by atoms with Crippen LogP contribution in [0, 0.1) is 0 Å². The first-order chi connectivity index (χ1) is 18.0. The van der Waals surface area contributed by atoms with Gasteiger partial charge in [0.2, 0.25) is 0 Å². The lowest BCUT2D eigenvalue weighted by Crippen LogP contribution is -2.24. The van der Waals surface area contributed by atoms with E-state index in [-0.39, 0.29) is 25.5 Å². The average Bonchev–Trinajstić information content (AvgIpc) is 2.92. The van der Waals surface area contributed by atoms with Gasteiger partial charge in [-0.3, -0.25) is 4.79 Å². The molecule has 4 rings (SSSR count). The van der Waals surface area contributed by atoms with E-state index in [2.05, 4.69) is 15.3 Å². The summed E-state index contributed by atoms with van der Waals surface area (Å²) in [5.74, 6) is 1.02. The zero-order valence-electron chi connectivity index (χ0n) is 21.1. The molecule has 0 atom stereocenters. The fourth-order valence-corrected chi connectivity index (χ4v) is 3.99. The second-order valence-electron chi connectivity index (χ2n) is 8.30. The molecule has 1 aliphatic rings. The molecule has 0 bridgehead atoms. The van der Waals surface area contributed by atoms with Crippen LogP contribution in [-0.4, -0.2) is 42.7 Å². The van der Waals surface area contributed by atoms with Gasteiger partial charge in [-0.15, -0.1) is 0 Å². The summed E-state index contributed by atoms with van der Waals surface area (Å²) in [6.45, 7) is 2.36. The molecule has 8 nitrogen and oxygen atoms in total. The van der Waals surface area contributed by atoms with Crippen molar-refractivity contribution in [3.8, 4) is 22.9 Å². The molecular formula is C29H31N3O5. The third-order valence-corrected chi connectivity index (χ3v) is 5.93. The summed E-state index contributed by atoms with van der Waals surface area (Å²) >= 11 is 0. The van der Waals surface area contributed by atoms with Gasteiger partial charge in [0.1, 0.15) is 17.2 Å². The van der Waals surface area contributed by atoms with E-state index in [4.69, 9.17) is 14.2 Å². The van der Waals surface area contributed by atoms with Crippen LogP contribution >= 0.6 is 0 Å². The van der Waals surface area contributed by atoms with Crippen molar-refractivity contribution < 1.29 is 25.2 Å². The predicted octanol–water partition coefficient (Wildman–Crippen LogP) is 4.79. The Balaban J connectivity index is 0.00000400. The third-order valence-electron chi connectivity index (χ3n) is 5.93. The molecule has 1 aromatic heterocycles. The number of fused-ring (bicyclic) bond motifs is 1. The maximum Gasteiger partial charge on any atom is 0.338 e. The Morgan fingerprint density at radius 1 is 1.08 bits per heavy atom. The molecule has 8 heteroatoms. The number of amides is 1.